The lowest BCUT2D eigenvalue weighted by atomic mass is 10.0. The summed E-state index contributed by atoms with van der Waals surface area (Å²) in [5.41, 5.74) is 5.12. The van der Waals surface area contributed by atoms with Crippen LogP contribution in [0.25, 0.3) is 0 Å². The lowest BCUT2D eigenvalue weighted by Gasteiger charge is -2.32. The molecule has 9 nitrogen and oxygen atoms in total. The van der Waals surface area contributed by atoms with Crippen LogP contribution in [0.5, 0.6) is 11.5 Å². The monoisotopic (exact) mass is 524 g/mol. The maximum atomic E-state index is 12.1. The number of carbonyl (C=O) groups is 1. The van der Waals surface area contributed by atoms with Gasteiger partial charge in [0.2, 0.25) is 10.0 Å². The molecule has 0 radical (unpaired) electrons. The molecule has 37 heavy (non-hydrogen) atoms. The van der Waals surface area contributed by atoms with E-state index >= 15 is 0 Å². The number of carbonyl (C=O) groups excluding carboxylic acids is 1. The second-order valence-corrected chi connectivity index (χ2v) is 10.8. The largest absolute Gasteiger partial charge is 0.457 e. The standard InChI is InChI=1S/C27H32N4O5S/c1-37(33,34)30-24-9-13-26(14-10-24)36-25-11-7-21(8-12-25)19-31-17-15-23(16-18-31)28-27(32)29-35-20-22-5-3-2-4-6-22/h2-14,23,30H,15-20H2,1H3,(H2,28,29,32). The van der Waals surface area contributed by atoms with E-state index in [4.69, 9.17) is 9.57 Å². The van der Waals surface area contributed by atoms with E-state index in [0.29, 0.717) is 23.8 Å². The SMILES string of the molecule is CS(=O)(=O)Nc1ccc(Oc2ccc(CN3CCC(NC(=O)NOCc4ccccc4)CC3)cc2)cc1. The zero-order chi connectivity index (χ0) is 26.1. The molecule has 1 saturated heterocycles. The Bertz CT molecular complexity index is 1240. The number of hydrogen-bond donors (Lipinski definition) is 3. The quantitative estimate of drug-likeness (QED) is 0.342. The van der Waals surface area contributed by atoms with E-state index in [0.717, 1.165) is 44.3 Å². The normalized spacial score (nSPS) is 14.6. The van der Waals surface area contributed by atoms with Gasteiger partial charge in [-0.3, -0.25) is 14.5 Å². The maximum Gasteiger partial charge on any atom is 0.338 e. The van der Waals surface area contributed by atoms with Crippen LogP contribution in [-0.4, -0.2) is 44.7 Å². The average Bonchev–Trinajstić information content (AvgIpc) is 2.87. The number of likely N-dealkylation sites (tertiary alicyclic amines) is 1. The fourth-order valence-electron chi connectivity index (χ4n) is 4.07. The molecule has 3 aromatic rings. The summed E-state index contributed by atoms with van der Waals surface area (Å²) in [7, 11) is -3.31. The Hall–Kier alpha value is -3.60. The van der Waals surface area contributed by atoms with E-state index in [-0.39, 0.29) is 12.1 Å². The van der Waals surface area contributed by atoms with Crippen molar-refractivity contribution in [1.29, 1.82) is 0 Å². The Kier molecular flexibility index (Phi) is 8.99. The third-order valence-corrected chi connectivity index (χ3v) is 6.50. The Morgan fingerprint density at radius 3 is 2.14 bits per heavy atom. The Morgan fingerprint density at radius 1 is 0.892 bits per heavy atom. The van der Waals surface area contributed by atoms with Crippen molar-refractivity contribution in [2.75, 3.05) is 24.1 Å². The van der Waals surface area contributed by atoms with Gasteiger partial charge in [0.05, 0.1) is 12.9 Å². The first kappa shape index (κ1) is 26.5. The van der Waals surface area contributed by atoms with Crippen LogP contribution >= 0.6 is 0 Å². The van der Waals surface area contributed by atoms with Crippen LogP contribution in [0, 0.1) is 0 Å². The number of nitrogens with one attached hydrogen (secondary N) is 3. The zero-order valence-corrected chi connectivity index (χ0v) is 21.5. The second-order valence-electron chi connectivity index (χ2n) is 9.04. The van der Waals surface area contributed by atoms with Crippen LogP contribution in [0.1, 0.15) is 24.0 Å². The lowest BCUT2D eigenvalue weighted by Crippen LogP contribution is -2.47. The van der Waals surface area contributed by atoms with Gasteiger partial charge in [0.15, 0.2) is 0 Å². The summed E-state index contributed by atoms with van der Waals surface area (Å²) in [4.78, 5) is 19.8. The highest BCUT2D eigenvalue weighted by atomic mass is 32.2. The van der Waals surface area contributed by atoms with Crippen molar-refractivity contribution in [1.82, 2.24) is 15.7 Å². The van der Waals surface area contributed by atoms with E-state index in [1.807, 2.05) is 54.6 Å². The summed E-state index contributed by atoms with van der Waals surface area (Å²) in [5, 5.41) is 2.98. The summed E-state index contributed by atoms with van der Waals surface area (Å²) < 4.78 is 30.9. The number of hydroxylamine groups is 1. The Labute approximate surface area is 217 Å². The molecular weight excluding hydrogens is 492 g/mol. The van der Waals surface area contributed by atoms with Crippen molar-refractivity contribution >= 4 is 21.7 Å². The molecule has 3 aromatic carbocycles. The third-order valence-electron chi connectivity index (χ3n) is 5.89. The van der Waals surface area contributed by atoms with E-state index in [1.54, 1.807) is 24.3 Å². The fraction of sp³-hybridized carbons (Fsp3) is 0.296. The number of sulfonamides is 1. The minimum absolute atomic E-state index is 0.117. The highest BCUT2D eigenvalue weighted by Crippen LogP contribution is 2.24. The summed E-state index contributed by atoms with van der Waals surface area (Å²) in [5.74, 6) is 1.33. The zero-order valence-electron chi connectivity index (χ0n) is 20.7. The molecule has 2 amide bonds. The van der Waals surface area contributed by atoms with Crippen LogP contribution < -0.4 is 20.3 Å². The number of benzene rings is 3. The van der Waals surface area contributed by atoms with Gasteiger partial charge >= 0.3 is 6.03 Å². The van der Waals surface area contributed by atoms with Gasteiger partial charge in [-0.15, -0.1) is 0 Å². The molecule has 0 unspecified atom stereocenters. The highest BCUT2D eigenvalue weighted by molar-refractivity contribution is 7.92. The number of nitrogens with zero attached hydrogens (tertiary/aromatic N) is 1. The first-order chi connectivity index (χ1) is 17.8. The minimum Gasteiger partial charge on any atom is -0.457 e. The summed E-state index contributed by atoms with van der Waals surface area (Å²) >= 11 is 0. The predicted octanol–water partition coefficient (Wildman–Crippen LogP) is 4.25. The van der Waals surface area contributed by atoms with Gasteiger partial charge in [0.1, 0.15) is 11.5 Å². The van der Waals surface area contributed by atoms with Crippen molar-refractivity contribution in [2.45, 2.75) is 32.0 Å². The molecule has 10 heteroatoms. The van der Waals surface area contributed by atoms with E-state index < -0.39 is 10.0 Å². The molecule has 0 aliphatic carbocycles. The van der Waals surface area contributed by atoms with Crippen LogP contribution in [-0.2, 0) is 28.0 Å². The van der Waals surface area contributed by atoms with Gasteiger partial charge in [0.25, 0.3) is 0 Å². The van der Waals surface area contributed by atoms with Gasteiger partial charge in [-0.25, -0.2) is 18.7 Å². The number of rotatable bonds is 10. The predicted molar refractivity (Wildman–Crippen MR) is 143 cm³/mol. The van der Waals surface area contributed by atoms with E-state index in [9.17, 15) is 13.2 Å². The molecule has 1 aliphatic heterocycles. The molecule has 4 rings (SSSR count). The molecule has 1 heterocycles. The van der Waals surface area contributed by atoms with Crippen molar-refractivity contribution < 1.29 is 22.8 Å². The fourth-order valence-corrected chi connectivity index (χ4v) is 4.64. The topological polar surface area (TPSA) is 109 Å². The molecule has 3 N–H and O–H groups in total. The summed E-state index contributed by atoms with van der Waals surface area (Å²) in [6.07, 6.45) is 2.86. The van der Waals surface area contributed by atoms with Gasteiger partial charge in [-0.2, -0.15) is 0 Å². The van der Waals surface area contributed by atoms with E-state index in [2.05, 4.69) is 20.4 Å². The van der Waals surface area contributed by atoms with Gasteiger partial charge in [-0.05, 0) is 60.4 Å². The second kappa shape index (κ2) is 12.6. The number of anilines is 1. The number of hydrogen-bond acceptors (Lipinski definition) is 6. The first-order valence-corrected chi connectivity index (χ1v) is 14.0. The van der Waals surface area contributed by atoms with Gasteiger partial charge in [0, 0.05) is 31.4 Å². The molecule has 196 valence electrons. The van der Waals surface area contributed by atoms with Crippen LogP contribution in [0.3, 0.4) is 0 Å². The molecule has 0 saturated carbocycles. The third kappa shape index (κ3) is 9.09. The Morgan fingerprint density at radius 2 is 1.51 bits per heavy atom. The van der Waals surface area contributed by atoms with E-state index in [1.165, 1.54) is 5.56 Å². The van der Waals surface area contributed by atoms with Gasteiger partial charge < -0.3 is 10.1 Å². The lowest BCUT2D eigenvalue weighted by molar-refractivity contribution is 0.0470. The molecule has 0 spiro atoms. The number of urea groups is 1. The molecule has 1 aliphatic rings. The van der Waals surface area contributed by atoms with Crippen molar-refractivity contribution in [3.8, 4) is 11.5 Å². The Balaban J connectivity index is 1.15. The van der Waals surface area contributed by atoms with Crippen LogP contribution in [0.15, 0.2) is 78.9 Å². The minimum atomic E-state index is -3.31. The highest BCUT2D eigenvalue weighted by Gasteiger charge is 2.20. The number of ether oxygens (including phenoxy) is 1. The van der Waals surface area contributed by atoms with Crippen molar-refractivity contribution in [3.63, 3.8) is 0 Å². The number of piperidine rings is 1. The molecule has 0 atom stereocenters. The van der Waals surface area contributed by atoms with Gasteiger partial charge in [-0.1, -0.05) is 42.5 Å². The molecule has 1 fully saturated rings. The smallest absolute Gasteiger partial charge is 0.338 e. The maximum absolute atomic E-state index is 12.1. The molecule has 0 bridgehead atoms. The van der Waals surface area contributed by atoms with Crippen molar-refractivity contribution in [2.24, 2.45) is 0 Å². The average molecular weight is 525 g/mol. The summed E-state index contributed by atoms with van der Waals surface area (Å²) in [6, 6.07) is 24.2. The van der Waals surface area contributed by atoms with Crippen molar-refractivity contribution in [3.05, 3.63) is 90.0 Å². The first-order valence-electron chi connectivity index (χ1n) is 12.1. The number of amides is 2. The van der Waals surface area contributed by atoms with Crippen LogP contribution in [0.4, 0.5) is 10.5 Å². The van der Waals surface area contributed by atoms with Crippen LogP contribution in [0.2, 0.25) is 0 Å². The summed E-state index contributed by atoms with van der Waals surface area (Å²) in [6.45, 7) is 2.93. The molecule has 0 aromatic heterocycles. The molecular formula is C27H32N4O5S.